The molecule has 0 bridgehead atoms. The predicted octanol–water partition coefficient (Wildman–Crippen LogP) is 3.10. The number of benzene rings is 1. The first-order chi connectivity index (χ1) is 12.8. The smallest absolute Gasteiger partial charge is 0.264 e. The van der Waals surface area contributed by atoms with E-state index >= 15 is 0 Å². The standard InChI is InChI=1S/C18H19N5O2S/c1-25-14-7-4-6-13(12-14)23-20-17(19-21-23)15-8-2-3-10-22(15)18(24)16-9-5-11-26-16/h4-7,9,11-12,15H,2-3,8,10H2,1H3. The highest BCUT2D eigenvalue weighted by Crippen LogP contribution is 2.31. The highest BCUT2D eigenvalue weighted by molar-refractivity contribution is 7.12. The maximum atomic E-state index is 12.8. The summed E-state index contributed by atoms with van der Waals surface area (Å²) in [5.74, 6) is 1.35. The number of ether oxygens (including phenoxy) is 1. The summed E-state index contributed by atoms with van der Waals surface area (Å²) in [4.78, 5) is 17.0. The monoisotopic (exact) mass is 369 g/mol. The van der Waals surface area contributed by atoms with E-state index in [1.54, 1.807) is 7.11 Å². The lowest BCUT2D eigenvalue weighted by molar-refractivity contribution is 0.0605. The third kappa shape index (κ3) is 3.20. The largest absolute Gasteiger partial charge is 0.497 e. The highest BCUT2D eigenvalue weighted by atomic mass is 32.1. The van der Waals surface area contributed by atoms with E-state index < -0.39 is 0 Å². The molecule has 1 unspecified atom stereocenters. The minimum absolute atomic E-state index is 0.0439. The van der Waals surface area contributed by atoms with Crippen LogP contribution < -0.4 is 4.74 Å². The molecule has 0 aliphatic carbocycles. The van der Waals surface area contributed by atoms with Crippen molar-refractivity contribution in [2.75, 3.05) is 13.7 Å². The zero-order valence-electron chi connectivity index (χ0n) is 14.4. The zero-order chi connectivity index (χ0) is 17.9. The van der Waals surface area contributed by atoms with Gasteiger partial charge in [0.15, 0.2) is 5.82 Å². The molecule has 0 N–H and O–H groups in total. The van der Waals surface area contributed by atoms with Crippen LogP contribution in [-0.4, -0.2) is 44.7 Å². The lowest BCUT2D eigenvalue weighted by Crippen LogP contribution is -2.38. The molecule has 26 heavy (non-hydrogen) atoms. The van der Waals surface area contributed by atoms with Crippen LogP contribution in [0.1, 0.15) is 40.8 Å². The Hall–Kier alpha value is -2.74. The van der Waals surface area contributed by atoms with Gasteiger partial charge in [-0.25, -0.2) is 0 Å². The van der Waals surface area contributed by atoms with Crippen LogP contribution in [0.25, 0.3) is 5.69 Å². The van der Waals surface area contributed by atoms with Crippen molar-refractivity contribution in [3.8, 4) is 11.4 Å². The summed E-state index contributed by atoms with van der Waals surface area (Å²) in [6, 6.07) is 11.1. The van der Waals surface area contributed by atoms with E-state index in [0.29, 0.717) is 5.82 Å². The van der Waals surface area contributed by atoms with Crippen LogP contribution in [0.4, 0.5) is 0 Å². The fourth-order valence-electron chi connectivity index (χ4n) is 3.19. The van der Waals surface area contributed by atoms with E-state index in [4.69, 9.17) is 4.74 Å². The molecule has 3 heterocycles. The van der Waals surface area contributed by atoms with Gasteiger partial charge in [0.25, 0.3) is 5.91 Å². The number of likely N-dealkylation sites (tertiary alicyclic amines) is 1. The number of tetrazole rings is 1. The molecular weight excluding hydrogens is 350 g/mol. The van der Waals surface area contributed by atoms with Crippen molar-refractivity contribution in [3.05, 3.63) is 52.5 Å². The van der Waals surface area contributed by atoms with Crippen molar-refractivity contribution in [1.29, 1.82) is 0 Å². The second-order valence-corrected chi connectivity index (χ2v) is 7.07. The van der Waals surface area contributed by atoms with E-state index in [1.165, 1.54) is 16.1 Å². The highest BCUT2D eigenvalue weighted by Gasteiger charge is 2.32. The lowest BCUT2D eigenvalue weighted by Gasteiger charge is -2.33. The van der Waals surface area contributed by atoms with Gasteiger partial charge >= 0.3 is 0 Å². The number of nitrogens with zero attached hydrogens (tertiary/aromatic N) is 5. The number of hydrogen-bond donors (Lipinski definition) is 0. The number of aromatic nitrogens is 4. The number of hydrogen-bond acceptors (Lipinski definition) is 6. The molecule has 2 aromatic heterocycles. The van der Waals surface area contributed by atoms with Crippen LogP contribution in [0.5, 0.6) is 5.75 Å². The molecule has 7 nitrogen and oxygen atoms in total. The molecule has 0 radical (unpaired) electrons. The van der Waals surface area contributed by atoms with E-state index in [1.807, 2.05) is 46.7 Å². The van der Waals surface area contributed by atoms with Crippen LogP contribution >= 0.6 is 11.3 Å². The summed E-state index contributed by atoms with van der Waals surface area (Å²) < 4.78 is 5.25. The number of thiophene rings is 1. The summed E-state index contributed by atoms with van der Waals surface area (Å²) in [5, 5.41) is 14.9. The van der Waals surface area contributed by atoms with Gasteiger partial charge in [-0.15, -0.1) is 26.3 Å². The lowest BCUT2D eigenvalue weighted by atomic mass is 10.0. The summed E-state index contributed by atoms with van der Waals surface area (Å²) in [7, 11) is 1.62. The molecule has 1 aliphatic heterocycles. The van der Waals surface area contributed by atoms with E-state index in [9.17, 15) is 4.79 Å². The molecule has 4 rings (SSSR count). The Morgan fingerprint density at radius 1 is 1.27 bits per heavy atom. The molecule has 0 spiro atoms. The van der Waals surface area contributed by atoms with Crippen molar-refractivity contribution in [2.45, 2.75) is 25.3 Å². The zero-order valence-corrected chi connectivity index (χ0v) is 15.2. The SMILES string of the molecule is COc1cccc(-n2nnc(C3CCCCN3C(=O)c3cccs3)n2)c1. The predicted molar refractivity (Wildman–Crippen MR) is 97.7 cm³/mol. The van der Waals surface area contributed by atoms with E-state index in [-0.39, 0.29) is 11.9 Å². The Morgan fingerprint density at radius 3 is 3.00 bits per heavy atom. The fraction of sp³-hybridized carbons (Fsp3) is 0.333. The Kier molecular flexibility index (Phi) is 4.66. The number of piperidine rings is 1. The molecule has 1 amide bonds. The van der Waals surface area contributed by atoms with Gasteiger partial charge in [-0.1, -0.05) is 12.1 Å². The summed E-state index contributed by atoms with van der Waals surface area (Å²) in [5.41, 5.74) is 0.773. The maximum absolute atomic E-state index is 12.8. The Balaban J connectivity index is 1.61. The number of rotatable bonds is 4. The number of methoxy groups -OCH3 is 1. The van der Waals surface area contributed by atoms with Gasteiger partial charge in [0.05, 0.1) is 23.7 Å². The van der Waals surface area contributed by atoms with Crippen molar-refractivity contribution >= 4 is 17.2 Å². The number of carbonyl (C=O) groups excluding carboxylic acids is 1. The fourth-order valence-corrected chi connectivity index (χ4v) is 3.87. The molecule has 3 aromatic rings. The molecule has 134 valence electrons. The third-order valence-corrected chi connectivity index (χ3v) is 5.36. The van der Waals surface area contributed by atoms with Crippen LogP contribution in [-0.2, 0) is 0 Å². The topological polar surface area (TPSA) is 73.1 Å². The van der Waals surface area contributed by atoms with E-state index in [2.05, 4.69) is 15.4 Å². The first-order valence-electron chi connectivity index (χ1n) is 8.55. The van der Waals surface area contributed by atoms with Crippen LogP contribution in [0, 0.1) is 0 Å². The molecule has 1 fully saturated rings. The number of amides is 1. The van der Waals surface area contributed by atoms with Gasteiger partial charge in [-0.05, 0) is 48.1 Å². The van der Waals surface area contributed by atoms with Crippen molar-refractivity contribution in [1.82, 2.24) is 25.1 Å². The summed E-state index contributed by atoms with van der Waals surface area (Å²) in [6.45, 7) is 0.717. The van der Waals surface area contributed by atoms with Crippen molar-refractivity contribution < 1.29 is 9.53 Å². The molecule has 1 saturated heterocycles. The van der Waals surface area contributed by atoms with Crippen LogP contribution in [0.15, 0.2) is 41.8 Å². The molecular formula is C18H19N5O2S. The molecule has 1 atom stereocenters. The molecule has 0 saturated carbocycles. The number of carbonyl (C=O) groups is 1. The van der Waals surface area contributed by atoms with E-state index in [0.717, 1.165) is 42.1 Å². The minimum Gasteiger partial charge on any atom is -0.497 e. The Morgan fingerprint density at radius 2 is 2.19 bits per heavy atom. The van der Waals surface area contributed by atoms with Crippen molar-refractivity contribution in [3.63, 3.8) is 0 Å². The van der Waals surface area contributed by atoms with Gasteiger partial charge in [0, 0.05) is 12.6 Å². The normalized spacial score (nSPS) is 17.3. The van der Waals surface area contributed by atoms with Gasteiger partial charge in [-0.2, -0.15) is 0 Å². The molecule has 1 aliphatic rings. The average Bonchev–Trinajstić information content (AvgIpc) is 3.39. The molecule has 8 heteroatoms. The Labute approximate surface area is 155 Å². The quantitative estimate of drug-likeness (QED) is 0.706. The van der Waals surface area contributed by atoms with Crippen molar-refractivity contribution in [2.24, 2.45) is 0 Å². The van der Waals surface area contributed by atoms with Crippen LogP contribution in [0.3, 0.4) is 0 Å². The summed E-state index contributed by atoms with van der Waals surface area (Å²) >= 11 is 1.46. The Bertz CT molecular complexity index is 893. The molecule has 1 aromatic carbocycles. The maximum Gasteiger partial charge on any atom is 0.264 e. The van der Waals surface area contributed by atoms with Gasteiger partial charge in [0.2, 0.25) is 0 Å². The second-order valence-electron chi connectivity index (χ2n) is 6.13. The average molecular weight is 369 g/mol. The summed E-state index contributed by atoms with van der Waals surface area (Å²) in [6.07, 6.45) is 2.89. The first kappa shape index (κ1) is 16.7. The van der Waals surface area contributed by atoms with Gasteiger partial charge in [0.1, 0.15) is 5.75 Å². The van der Waals surface area contributed by atoms with Gasteiger partial charge < -0.3 is 9.64 Å². The minimum atomic E-state index is -0.141. The third-order valence-electron chi connectivity index (χ3n) is 4.51. The second kappa shape index (κ2) is 7.25. The van der Waals surface area contributed by atoms with Gasteiger partial charge in [-0.3, -0.25) is 4.79 Å². The first-order valence-corrected chi connectivity index (χ1v) is 9.43. The van der Waals surface area contributed by atoms with Crippen LogP contribution in [0.2, 0.25) is 0 Å².